The molecule has 0 bridgehead atoms. The van der Waals surface area contributed by atoms with Crippen molar-refractivity contribution in [3.63, 3.8) is 0 Å². The number of carbonyl (C=O) groups is 1. The van der Waals surface area contributed by atoms with Crippen molar-refractivity contribution in [1.29, 1.82) is 0 Å². The zero-order chi connectivity index (χ0) is 14.3. The first kappa shape index (κ1) is 15.5. The Morgan fingerprint density at radius 2 is 1.79 bits per heavy atom. The van der Waals surface area contributed by atoms with Crippen molar-refractivity contribution in [3.8, 4) is 0 Å². The first-order valence-electron chi connectivity index (χ1n) is 6.97. The van der Waals surface area contributed by atoms with Crippen LogP contribution in [-0.4, -0.2) is 12.6 Å². The molecule has 0 saturated carbocycles. The van der Waals surface area contributed by atoms with E-state index in [2.05, 4.69) is 24.5 Å². The minimum Gasteiger partial charge on any atom is -0.338 e. The van der Waals surface area contributed by atoms with Crippen LogP contribution in [0.2, 0.25) is 0 Å². The van der Waals surface area contributed by atoms with Gasteiger partial charge in [-0.25, -0.2) is 4.79 Å². The standard InChI is InChI=1S/C15H25N3O/c1-4-12(5-2)10-17-15(19)18-14-8-6-13(7-9-14)11(3)16/h6-9,11-12H,4-5,10,16H2,1-3H3,(H2,17,18,19). The maximum atomic E-state index is 11.7. The van der Waals surface area contributed by atoms with E-state index in [9.17, 15) is 4.79 Å². The van der Waals surface area contributed by atoms with E-state index in [1.807, 2.05) is 31.2 Å². The zero-order valence-corrected chi connectivity index (χ0v) is 12.1. The molecule has 0 aliphatic heterocycles. The van der Waals surface area contributed by atoms with Crippen molar-refractivity contribution in [2.24, 2.45) is 11.7 Å². The lowest BCUT2D eigenvalue weighted by molar-refractivity contribution is 0.249. The number of benzene rings is 1. The van der Waals surface area contributed by atoms with Crippen LogP contribution in [0.5, 0.6) is 0 Å². The van der Waals surface area contributed by atoms with Crippen molar-refractivity contribution in [1.82, 2.24) is 5.32 Å². The summed E-state index contributed by atoms with van der Waals surface area (Å²) in [6.07, 6.45) is 2.17. The minimum absolute atomic E-state index is 0.0118. The van der Waals surface area contributed by atoms with Gasteiger partial charge in [0.25, 0.3) is 0 Å². The molecule has 0 aromatic heterocycles. The van der Waals surface area contributed by atoms with E-state index in [-0.39, 0.29) is 12.1 Å². The Hall–Kier alpha value is -1.55. The fraction of sp³-hybridized carbons (Fsp3) is 0.533. The second-order valence-electron chi connectivity index (χ2n) is 4.93. The molecule has 4 N–H and O–H groups in total. The van der Waals surface area contributed by atoms with Crippen LogP contribution in [0.3, 0.4) is 0 Å². The normalized spacial score (nSPS) is 12.3. The molecule has 1 aromatic carbocycles. The van der Waals surface area contributed by atoms with Gasteiger partial charge in [0.2, 0.25) is 0 Å². The topological polar surface area (TPSA) is 67.2 Å². The van der Waals surface area contributed by atoms with Gasteiger partial charge in [-0.1, -0.05) is 38.8 Å². The van der Waals surface area contributed by atoms with E-state index in [4.69, 9.17) is 5.73 Å². The summed E-state index contributed by atoms with van der Waals surface area (Å²) in [6, 6.07) is 7.46. The molecule has 0 aliphatic carbocycles. The Morgan fingerprint density at radius 1 is 1.21 bits per heavy atom. The lowest BCUT2D eigenvalue weighted by Crippen LogP contribution is -2.32. The van der Waals surface area contributed by atoms with Crippen LogP contribution < -0.4 is 16.4 Å². The van der Waals surface area contributed by atoms with Gasteiger partial charge in [0.1, 0.15) is 0 Å². The lowest BCUT2D eigenvalue weighted by atomic mass is 10.0. The van der Waals surface area contributed by atoms with Gasteiger partial charge >= 0.3 is 6.03 Å². The average Bonchev–Trinajstić information content (AvgIpc) is 2.40. The molecule has 19 heavy (non-hydrogen) atoms. The molecule has 0 aliphatic rings. The van der Waals surface area contributed by atoms with E-state index >= 15 is 0 Å². The van der Waals surface area contributed by atoms with Gasteiger partial charge in [-0.05, 0) is 30.5 Å². The smallest absolute Gasteiger partial charge is 0.319 e. The number of nitrogens with two attached hydrogens (primary N) is 1. The number of urea groups is 1. The summed E-state index contributed by atoms with van der Waals surface area (Å²) in [6.45, 7) is 6.93. The number of hydrogen-bond donors (Lipinski definition) is 3. The predicted molar refractivity (Wildman–Crippen MR) is 80.1 cm³/mol. The highest BCUT2D eigenvalue weighted by Crippen LogP contribution is 2.14. The van der Waals surface area contributed by atoms with Gasteiger partial charge in [0, 0.05) is 18.3 Å². The predicted octanol–water partition coefficient (Wildman–Crippen LogP) is 3.26. The van der Waals surface area contributed by atoms with Crippen LogP contribution in [0, 0.1) is 5.92 Å². The first-order valence-corrected chi connectivity index (χ1v) is 6.97. The Bertz CT molecular complexity index is 383. The third-order valence-corrected chi connectivity index (χ3v) is 3.40. The molecule has 0 heterocycles. The van der Waals surface area contributed by atoms with Crippen LogP contribution in [0.25, 0.3) is 0 Å². The number of rotatable bonds is 6. The summed E-state index contributed by atoms with van der Waals surface area (Å²) < 4.78 is 0. The Kier molecular flexibility index (Phi) is 6.36. The van der Waals surface area contributed by atoms with Crippen LogP contribution in [0.15, 0.2) is 24.3 Å². The van der Waals surface area contributed by atoms with Crippen LogP contribution in [0.4, 0.5) is 10.5 Å². The van der Waals surface area contributed by atoms with E-state index in [0.29, 0.717) is 5.92 Å². The first-order chi connectivity index (χ1) is 9.06. The Balaban J connectivity index is 2.44. The molecule has 2 amide bonds. The quantitative estimate of drug-likeness (QED) is 0.737. The molecular formula is C15H25N3O. The van der Waals surface area contributed by atoms with Crippen LogP contribution >= 0.6 is 0 Å². The van der Waals surface area contributed by atoms with Crippen molar-refractivity contribution >= 4 is 11.7 Å². The van der Waals surface area contributed by atoms with Crippen molar-refractivity contribution in [3.05, 3.63) is 29.8 Å². The maximum Gasteiger partial charge on any atom is 0.319 e. The lowest BCUT2D eigenvalue weighted by Gasteiger charge is -2.14. The van der Waals surface area contributed by atoms with E-state index < -0.39 is 0 Å². The highest BCUT2D eigenvalue weighted by Gasteiger charge is 2.06. The minimum atomic E-state index is -0.152. The van der Waals surface area contributed by atoms with Gasteiger partial charge < -0.3 is 16.4 Å². The summed E-state index contributed by atoms with van der Waals surface area (Å²) >= 11 is 0. The van der Waals surface area contributed by atoms with Crippen molar-refractivity contribution in [2.45, 2.75) is 39.7 Å². The van der Waals surface area contributed by atoms with Crippen LogP contribution in [0.1, 0.15) is 45.2 Å². The molecular weight excluding hydrogens is 238 g/mol. The molecule has 1 unspecified atom stereocenters. The van der Waals surface area contributed by atoms with Gasteiger partial charge in [0.05, 0.1) is 0 Å². The zero-order valence-electron chi connectivity index (χ0n) is 12.1. The summed E-state index contributed by atoms with van der Waals surface area (Å²) in [7, 11) is 0. The molecule has 0 fully saturated rings. The fourth-order valence-corrected chi connectivity index (χ4v) is 1.86. The molecule has 4 nitrogen and oxygen atoms in total. The average molecular weight is 263 g/mol. The number of carbonyl (C=O) groups excluding carboxylic acids is 1. The van der Waals surface area contributed by atoms with E-state index in [1.54, 1.807) is 0 Å². The van der Waals surface area contributed by atoms with E-state index in [1.165, 1.54) is 0 Å². The van der Waals surface area contributed by atoms with Gasteiger partial charge in [-0.2, -0.15) is 0 Å². The molecule has 106 valence electrons. The largest absolute Gasteiger partial charge is 0.338 e. The molecule has 0 saturated heterocycles. The van der Waals surface area contributed by atoms with Crippen molar-refractivity contribution < 1.29 is 4.79 Å². The summed E-state index contributed by atoms with van der Waals surface area (Å²) in [5.74, 6) is 0.547. The van der Waals surface area contributed by atoms with Gasteiger partial charge in [-0.3, -0.25) is 0 Å². The summed E-state index contributed by atoms with van der Waals surface area (Å²) in [4.78, 5) is 11.7. The van der Waals surface area contributed by atoms with Gasteiger partial charge in [0.15, 0.2) is 0 Å². The van der Waals surface area contributed by atoms with Gasteiger partial charge in [-0.15, -0.1) is 0 Å². The molecule has 1 aromatic rings. The number of anilines is 1. The molecule has 1 rings (SSSR count). The van der Waals surface area contributed by atoms with E-state index in [0.717, 1.165) is 30.6 Å². The second-order valence-corrected chi connectivity index (χ2v) is 4.93. The van der Waals surface area contributed by atoms with Crippen molar-refractivity contribution in [2.75, 3.05) is 11.9 Å². The number of amides is 2. The molecule has 0 radical (unpaired) electrons. The molecule has 1 atom stereocenters. The summed E-state index contributed by atoms with van der Waals surface area (Å²) in [5, 5.41) is 5.72. The Labute approximate surface area is 115 Å². The number of nitrogens with one attached hydrogen (secondary N) is 2. The summed E-state index contributed by atoms with van der Waals surface area (Å²) in [5.41, 5.74) is 7.62. The second kappa shape index (κ2) is 7.79. The number of hydrogen-bond acceptors (Lipinski definition) is 2. The highest BCUT2D eigenvalue weighted by molar-refractivity contribution is 5.89. The monoisotopic (exact) mass is 263 g/mol. The third kappa shape index (κ3) is 5.30. The SMILES string of the molecule is CCC(CC)CNC(=O)Nc1ccc(C(C)N)cc1. The molecule has 4 heteroatoms. The molecule has 0 spiro atoms. The highest BCUT2D eigenvalue weighted by atomic mass is 16.2. The van der Waals surface area contributed by atoms with Crippen LogP contribution in [-0.2, 0) is 0 Å². The fourth-order valence-electron chi connectivity index (χ4n) is 1.86. The Morgan fingerprint density at radius 3 is 2.26 bits per heavy atom. The third-order valence-electron chi connectivity index (χ3n) is 3.40. The maximum absolute atomic E-state index is 11.7.